The Morgan fingerprint density at radius 1 is 1.09 bits per heavy atom. The number of hydrogen-bond donors (Lipinski definition) is 2. The summed E-state index contributed by atoms with van der Waals surface area (Å²) < 4.78 is 13.1. The van der Waals surface area contributed by atoms with Gasteiger partial charge in [0.25, 0.3) is 0 Å². The molecule has 3 aromatic rings. The number of methoxy groups -OCH3 is 1. The largest absolute Gasteiger partial charge is 0.491 e. The maximum absolute atomic E-state index is 5.90. The molecule has 0 aliphatic carbocycles. The monoisotopic (exact) mass is 435 g/mol. The first-order valence-electron chi connectivity index (χ1n) is 10.9. The zero-order valence-corrected chi connectivity index (χ0v) is 19.2. The van der Waals surface area contributed by atoms with Crippen molar-refractivity contribution >= 4 is 5.96 Å². The summed E-state index contributed by atoms with van der Waals surface area (Å²) in [6, 6.07) is 14.7. The Morgan fingerprint density at radius 3 is 2.75 bits per heavy atom. The van der Waals surface area contributed by atoms with Crippen LogP contribution in [0.4, 0.5) is 0 Å². The highest BCUT2D eigenvalue weighted by molar-refractivity contribution is 5.79. The number of benzene rings is 2. The fraction of sp³-hybridized carbons (Fsp3) is 0.360. The second kappa shape index (κ2) is 12.5. The molecule has 1 heterocycles. The Balaban J connectivity index is 1.63. The molecule has 170 valence electrons. The third-order valence-electron chi connectivity index (χ3n) is 4.89. The molecule has 0 saturated carbocycles. The van der Waals surface area contributed by atoms with E-state index in [-0.39, 0.29) is 0 Å². The quantitative estimate of drug-likeness (QED) is 0.274. The van der Waals surface area contributed by atoms with Gasteiger partial charge in [0, 0.05) is 44.7 Å². The van der Waals surface area contributed by atoms with Crippen molar-refractivity contribution < 1.29 is 9.47 Å². The lowest BCUT2D eigenvalue weighted by molar-refractivity contribution is 0.145. The number of aryl methyl sites for hydroxylation is 1. The molecule has 3 rings (SSSR count). The highest BCUT2D eigenvalue weighted by Crippen LogP contribution is 2.20. The number of guanidine groups is 1. The molecule has 7 heteroatoms. The van der Waals surface area contributed by atoms with Crippen LogP contribution < -0.4 is 15.4 Å². The Bertz CT molecular complexity index is 986. The average molecular weight is 436 g/mol. The van der Waals surface area contributed by atoms with E-state index < -0.39 is 0 Å². The van der Waals surface area contributed by atoms with Gasteiger partial charge in [0.2, 0.25) is 0 Å². The number of ether oxygens (including phenoxy) is 2. The van der Waals surface area contributed by atoms with Gasteiger partial charge in [-0.3, -0.25) is 0 Å². The number of nitrogens with zero attached hydrogens (tertiary/aromatic N) is 3. The minimum Gasteiger partial charge on any atom is -0.491 e. The Labute approximate surface area is 190 Å². The van der Waals surface area contributed by atoms with Gasteiger partial charge < -0.3 is 24.7 Å². The van der Waals surface area contributed by atoms with Crippen LogP contribution in [-0.2, 0) is 24.4 Å². The van der Waals surface area contributed by atoms with E-state index in [1.807, 2.05) is 12.5 Å². The summed E-state index contributed by atoms with van der Waals surface area (Å²) in [5, 5.41) is 6.75. The van der Waals surface area contributed by atoms with E-state index in [4.69, 9.17) is 14.5 Å². The third-order valence-corrected chi connectivity index (χ3v) is 4.89. The van der Waals surface area contributed by atoms with Crippen molar-refractivity contribution in [3.63, 3.8) is 0 Å². The van der Waals surface area contributed by atoms with Crippen LogP contribution >= 0.6 is 0 Å². The van der Waals surface area contributed by atoms with Crippen LogP contribution in [0.1, 0.15) is 29.2 Å². The van der Waals surface area contributed by atoms with E-state index in [0.29, 0.717) is 26.3 Å². The van der Waals surface area contributed by atoms with E-state index in [0.717, 1.165) is 35.9 Å². The van der Waals surface area contributed by atoms with Gasteiger partial charge in [-0.2, -0.15) is 0 Å². The lowest BCUT2D eigenvalue weighted by Gasteiger charge is -2.15. The SMILES string of the molecule is CCNC(=NCc1cccc(Cn2ccnc2)c1)NCc1ccc(C)cc1OCCOC. The summed E-state index contributed by atoms with van der Waals surface area (Å²) in [4.78, 5) is 8.88. The van der Waals surface area contributed by atoms with Gasteiger partial charge in [-0.1, -0.05) is 36.4 Å². The number of hydrogen-bond acceptors (Lipinski definition) is 4. The highest BCUT2D eigenvalue weighted by atomic mass is 16.5. The maximum atomic E-state index is 5.90. The standard InChI is InChI=1S/C25H33N5O2/c1-4-27-25(29-17-23-9-8-20(2)14-24(23)32-13-12-31-3)28-16-21-6-5-7-22(15-21)18-30-11-10-26-19-30/h5-11,14-15,19H,4,12-13,16-18H2,1-3H3,(H2,27,28,29). The fourth-order valence-corrected chi connectivity index (χ4v) is 3.29. The number of aliphatic imine (C=N–C) groups is 1. The van der Waals surface area contributed by atoms with E-state index in [1.54, 1.807) is 13.3 Å². The van der Waals surface area contributed by atoms with Crippen molar-refractivity contribution in [3.05, 3.63) is 83.4 Å². The topological polar surface area (TPSA) is 72.7 Å². The predicted octanol–water partition coefficient (Wildman–Crippen LogP) is 3.52. The van der Waals surface area contributed by atoms with Crippen molar-refractivity contribution in [2.24, 2.45) is 4.99 Å². The molecule has 0 spiro atoms. The Kier molecular flexibility index (Phi) is 9.13. The molecule has 0 saturated heterocycles. The van der Waals surface area contributed by atoms with Crippen molar-refractivity contribution in [3.8, 4) is 5.75 Å². The maximum Gasteiger partial charge on any atom is 0.191 e. The summed E-state index contributed by atoms with van der Waals surface area (Å²) >= 11 is 0. The molecule has 32 heavy (non-hydrogen) atoms. The molecule has 0 amide bonds. The number of rotatable bonds is 11. The Morgan fingerprint density at radius 2 is 1.97 bits per heavy atom. The molecule has 0 bridgehead atoms. The zero-order valence-electron chi connectivity index (χ0n) is 19.2. The second-order valence-corrected chi connectivity index (χ2v) is 7.56. The summed E-state index contributed by atoms with van der Waals surface area (Å²) in [5.41, 5.74) is 4.64. The van der Waals surface area contributed by atoms with Crippen molar-refractivity contribution in [2.75, 3.05) is 26.9 Å². The molecular formula is C25H33N5O2. The molecule has 2 aromatic carbocycles. The molecule has 2 N–H and O–H groups in total. The summed E-state index contributed by atoms with van der Waals surface area (Å²) in [6.07, 6.45) is 5.59. The smallest absolute Gasteiger partial charge is 0.191 e. The van der Waals surface area contributed by atoms with Gasteiger partial charge >= 0.3 is 0 Å². The van der Waals surface area contributed by atoms with Crippen LogP contribution in [0.5, 0.6) is 5.75 Å². The minimum atomic E-state index is 0.524. The zero-order chi connectivity index (χ0) is 22.6. The Hall–Kier alpha value is -3.32. The lowest BCUT2D eigenvalue weighted by atomic mass is 10.1. The van der Waals surface area contributed by atoms with Crippen LogP contribution in [0.15, 0.2) is 66.2 Å². The molecule has 0 atom stereocenters. The van der Waals surface area contributed by atoms with Gasteiger partial charge in [0.05, 0.1) is 19.5 Å². The predicted molar refractivity (Wildman–Crippen MR) is 128 cm³/mol. The first kappa shape index (κ1) is 23.3. The van der Waals surface area contributed by atoms with E-state index >= 15 is 0 Å². The number of aromatic nitrogens is 2. The number of imidazole rings is 1. The highest BCUT2D eigenvalue weighted by Gasteiger charge is 2.06. The minimum absolute atomic E-state index is 0.524. The second-order valence-electron chi connectivity index (χ2n) is 7.56. The van der Waals surface area contributed by atoms with Crippen LogP contribution in [0.25, 0.3) is 0 Å². The normalized spacial score (nSPS) is 11.4. The van der Waals surface area contributed by atoms with Crippen molar-refractivity contribution in [1.29, 1.82) is 0 Å². The van der Waals surface area contributed by atoms with Crippen molar-refractivity contribution in [2.45, 2.75) is 33.5 Å². The molecule has 0 aliphatic rings. The van der Waals surface area contributed by atoms with E-state index in [1.165, 1.54) is 11.1 Å². The van der Waals surface area contributed by atoms with E-state index in [9.17, 15) is 0 Å². The van der Waals surface area contributed by atoms with Crippen LogP contribution in [0.2, 0.25) is 0 Å². The van der Waals surface area contributed by atoms with Gasteiger partial charge in [-0.25, -0.2) is 9.98 Å². The summed E-state index contributed by atoms with van der Waals surface area (Å²) in [6.45, 7) is 8.02. The van der Waals surface area contributed by atoms with Gasteiger partial charge in [-0.15, -0.1) is 0 Å². The summed E-state index contributed by atoms with van der Waals surface area (Å²) in [7, 11) is 1.68. The van der Waals surface area contributed by atoms with Crippen LogP contribution in [0, 0.1) is 6.92 Å². The van der Waals surface area contributed by atoms with Crippen LogP contribution in [0.3, 0.4) is 0 Å². The third kappa shape index (κ3) is 7.42. The average Bonchev–Trinajstić information content (AvgIpc) is 3.30. The number of nitrogens with one attached hydrogen (secondary N) is 2. The lowest BCUT2D eigenvalue weighted by Crippen LogP contribution is -2.36. The molecule has 1 aromatic heterocycles. The van der Waals surface area contributed by atoms with Gasteiger partial charge in [0.15, 0.2) is 5.96 Å². The molecule has 7 nitrogen and oxygen atoms in total. The van der Waals surface area contributed by atoms with Crippen molar-refractivity contribution in [1.82, 2.24) is 20.2 Å². The first-order chi connectivity index (χ1) is 15.7. The van der Waals surface area contributed by atoms with Gasteiger partial charge in [-0.05, 0) is 36.6 Å². The molecule has 0 fully saturated rings. The van der Waals surface area contributed by atoms with Crippen LogP contribution in [-0.4, -0.2) is 42.4 Å². The molecular weight excluding hydrogens is 402 g/mol. The molecule has 0 aliphatic heterocycles. The summed E-state index contributed by atoms with van der Waals surface area (Å²) in [5.74, 6) is 1.65. The fourth-order valence-electron chi connectivity index (χ4n) is 3.29. The van der Waals surface area contributed by atoms with Gasteiger partial charge in [0.1, 0.15) is 12.4 Å². The molecule has 0 radical (unpaired) electrons. The first-order valence-corrected chi connectivity index (χ1v) is 10.9. The molecule has 0 unspecified atom stereocenters. The van der Waals surface area contributed by atoms with E-state index in [2.05, 4.69) is 76.5 Å².